The molecule has 0 aliphatic rings. The van der Waals surface area contributed by atoms with Crippen LogP contribution in [0.1, 0.15) is 267 Å². The van der Waals surface area contributed by atoms with Crippen LogP contribution in [0.15, 0.2) is 0 Å². The molecule has 0 aromatic rings. The summed E-state index contributed by atoms with van der Waals surface area (Å²) in [6.07, 6.45) is 6.15. The van der Waals surface area contributed by atoms with Crippen molar-refractivity contribution in [3.05, 3.63) is 101 Å². The van der Waals surface area contributed by atoms with Crippen molar-refractivity contribution in [2.75, 3.05) is 79.3 Å². The number of carbonyl (C=O) groups excluding carboxylic acids is 8. The predicted octanol–water partition coefficient (Wildman–Crippen LogP) is 11.9. The second-order valence-corrected chi connectivity index (χ2v) is 29.6. The molecule has 0 aliphatic heterocycles. The molecule has 0 rings (SSSR count). The topological polar surface area (TPSA) is 697 Å². The molecule has 736 valence electrons. The fourth-order valence-corrected chi connectivity index (χ4v) is 8.32. The van der Waals surface area contributed by atoms with Crippen LogP contribution >= 0.6 is 0 Å². The molecule has 0 aromatic heterocycles. The highest BCUT2D eigenvalue weighted by atomic mass is 17.0. The number of nitrogens with zero attached hydrogens (tertiary/aromatic N) is 10. The average molecular weight is 1840 g/mol. The molecule has 52 heteroatoms. The van der Waals surface area contributed by atoms with Crippen LogP contribution < -0.4 is 0 Å². The maximum absolute atomic E-state index is 11.3. The maximum Gasteiger partial charge on any atom is 0.294 e. The zero-order chi connectivity index (χ0) is 99.0. The Kier molecular flexibility index (Phi) is 88.2. The van der Waals surface area contributed by atoms with Gasteiger partial charge in [-0.3, -0.25) is 38.4 Å². The van der Waals surface area contributed by atoms with Crippen LogP contribution in [-0.4, -0.2) is 213 Å². The largest absolute Gasteiger partial charge is 0.379 e. The minimum Gasteiger partial charge on any atom is -0.379 e. The Hall–Kier alpha value is -10.8. The van der Waals surface area contributed by atoms with Crippen LogP contribution in [0.5, 0.6) is 0 Å². The van der Waals surface area contributed by atoms with Gasteiger partial charge in [0.2, 0.25) is 0 Å². The molecule has 0 aromatic carbocycles. The molecule has 0 spiro atoms. The summed E-state index contributed by atoms with van der Waals surface area (Å²) >= 11 is 0. The molecule has 0 N–H and O–H groups in total. The first-order valence-corrected chi connectivity index (χ1v) is 41.1. The number of rotatable bonds is 70. The van der Waals surface area contributed by atoms with Crippen LogP contribution in [0, 0.1) is 148 Å². The number of unbranched alkanes of at least 4 members (excludes halogenated alkanes) is 3. The van der Waals surface area contributed by atoms with Gasteiger partial charge in [-0.1, -0.05) is 158 Å². The molecule has 0 aliphatic carbocycles. The molecule has 0 amide bonds. The highest BCUT2D eigenvalue weighted by molar-refractivity contribution is 5.83. The zero-order valence-corrected chi connectivity index (χ0v) is 76.3. The van der Waals surface area contributed by atoms with Gasteiger partial charge in [0.1, 0.15) is 97.9 Å². The summed E-state index contributed by atoms with van der Waals surface area (Å²) in [6, 6.07) is 0. The molecule has 52 nitrogen and oxygen atoms in total. The highest BCUT2D eigenvalue weighted by Crippen LogP contribution is 2.15. The van der Waals surface area contributed by atoms with Gasteiger partial charge < -0.3 is 67.3 Å². The van der Waals surface area contributed by atoms with E-state index in [4.69, 9.17) is 18.9 Å². The van der Waals surface area contributed by atoms with Crippen molar-refractivity contribution in [2.24, 2.45) is 47.3 Å². The fourth-order valence-electron chi connectivity index (χ4n) is 8.32. The Morgan fingerprint density at radius 3 is 0.683 bits per heavy atom. The van der Waals surface area contributed by atoms with Gasteiger partial charge in [-0.2, -0.15) is 0 Å². The van der Waals surface area contributed by atoms with Crippen molar-refractivity contribution in [2.45, 2.75) is 304 Å². The second kappa shape index (κ2) is 85.0. The summed E-state index contributed by atoms with van der Waals surface area (Å²) in [5, 5.41) is 90.5. The quantitative estimate of drug-likeness (QED) is 0.0310. The van der Waals surface area contributed by atoms with Crippen molar-refractivity contribution in [1.29, 1.82) is 0 Å². The van der Waals surface area contributed by atoms with Gasteiger partial charge in [0.05, 0.1) is 39.6 Å². The SMILES string of the molecule is CC(C)C(=O)CCC[C@@H](CO[N+](=O)[O-])O[N+](=O)[O-].CC(C)C(=O)CCC[C@H](CO[N+](=O)[O-])O[N+](=O)[O-].CC(C)C(=O)CCOCC(CO[N+](=O)[O-])O[N+](=O)[O-].CC(C)C(=O)CCOC[C@@H](CO[N+](=O)[O-])O[N+](=O)[O-].CCC(CCCC(=O)C(C)C)O[N+](=O)[O-].CCCCCCC(=O)C(C)C.CCCOCC(=O)C(C)C.CC[C@@H](COCCC(=O)C(C)C)O[N+](=O)[O-]. The van der Waals surface area contributed by atoms with E-state index in [0.717, 1.165) is 19.3 Å². The summed E-state index contributed by atoms with van der Waals surface area (Å²) in [4.78, 5) is 232. The van der Waals surface area contributed by atoms with Crippen molar-refractivity contribution in [1.82, 2.24) is 0 Å². The molecule has 6 atom stereocenters. The maximum atomic E-state index is 11.3. The van der Waals surface area contributed by atoms with Crippen molar-refractivity contribution in [3.63, 3.8) is 0 Å². The summed E-state index contributed by atoms with van der Waals surface area (Å²) in [6.45, 7) is 35.6. The summed E-state index contributed by atoms with van der Waals surface area (Å²) < 4.78 is 20.2. The van der Waals surface area contributed by atoms with Gasteiger partial charge in [0.15, 0.2) is 18.0 Å². The highest BCUT2D eigenvalue weighted by Gasteiger charge is 2.23. The fraction of sp³-hybridized carbons (Fsp3) is 0.892. The first-order chi connectivity index (χ1) is 58.6. The van der Waals surface area contributed by atoms with E-state index in [1.807, 2.05) is 69.2 Å². The number of Topliss-reactive ketones (excluding diaryl/α,β-unsaturated/α-hetero) is 8. The molecule has 126 heavy (non-hydrogen) atoms. The van der Waals surface area contributed by atoms with Gasteiger partial charge in [-0.15, -0.1) is 101 Å². The van der Waals surface area contributed by atoms with Crippen LogP contribution in [0.25, 0.3) is 0 Å². The van der Waals surface area contributed by atoms with E-state index in [9.17, 15) is 139 Å². The van der Waals surface area contributed by atoms with Crippen molar-refractivity contribution in [3.8, 4) is 0 Å². The lowest BCUT2D eigenvalue weighted by atomic mass is 10.0. The average Bonchev–Trinajstić information content (AvgIpc) is 0.973. The molecule has 0 saturated heterocycles. The summed E-state index contributed by atoms with van der Waals surface area (Å²) in [5.74, 6) is 0.931. The van der Waals surface area contributed by atoms with Gasteiger partial charge in [-0.25, -0.2) is 0 Å². The molecule has 0 fully saturated rings. The number of ether oxygens (including phenoxy) is 4. The minimum absolute atomic E-state index is 0.000553. The predicted molar refractivity (Wildman–Crippen MR) is 440 cm³/mol. The smallest absolute Gasteiger partial charge is 0.294 e. The molecule has 0 heterocycles. The van der Waals surface area contributed by atoms with Gasteiger partial charge in [-0.05, 0) is 64.2 Å². The lowest BCUT2D eigenvalue weighted by molar-refractivity contribution is -0.790. The molecular formula is C74H138N10O42. The second-order valence-electron chi connectivity index (χ2n) is 29.6. The van der Waals surface area contributed by atoms with Gasteiger partial charge >= 0.3 is 0 Å². The first-order valence-electron chi connectivity index (χ1n) is 41.1. The molecule has 0 saturated carbocycles. The van der Waals surface area contributed by atoms with Crippen LogP contribution in [-0.2, 0) is 106 Å². The van der Waals surface area contributed by atoms with Crippen LogP contribution in [0.3, 0.4) is 0 Å². The summed E-state index contributed by atoms with van der Waals surface area (Å²) in [5.41, 5.74) is 0. The third-order valence-electron chi connectivity index (χ3n) is 16.0. The lowest BCUT2D eigenvalue weighted by Gasteiger charge is -2.13. The monoisotopic (exact) mass is 1840 g/mol. The van der Waals surface area contributed by atoms with Gasteiger partial charge in [0, 0.05) is 98.9 Å². The molecule has 2 unspecified atom stereocenters. The third kappa shape index (κ3) is 100. The molecule has 0 radical (unpaired) electrons. The van der Waals surface area contributed by atoms with E-state index in [2.05, 4.69) is 55.3 Å². The van der Waals surface area contributed by atoms with Crippen LogP contribution in [0.4, 0.5) is 0 Å². The van der Waals surface area contributed by atoms with Crippen molar-refractivity contribution >= 4 is 46.3 Å². The van der Waals surface area contributed by atoms with Crippen molar-refractivity contribution < 1.29 is 157 Å². The zero-order valence-electron chi connectivity index (χ0n) is 76.3. The van der Waals surface area contributed by atoms with E-state index in [1.54, 1.807) is 62.3 Å². The Morgan fingerprint density at radius 1 is 0.222 bits per heavy atom. The number of hydrogen-bond acceptors (Lipinski definition) is 42. The number of hydrogen-bond donors (Lipinski definition) is 0. The lowest BCUT2D eigenvalue weighted by Crippen LogP contribution is -2.29. The molecule has 0 bridgehead atoms. The number of carbonyl (C=O) groups is 8. The Labute approximate surface area is 731 Å². The minimum atomic E-state index is -1.21. The standard InChI is InChI=1S/C10H19NO5.C10H19NO4.C10H20O.2C9H16N2O8.2C9H16N2O7.C8H16O2/c1-4-9(16-11(13)14)7-15-6-5-10(12)8(2)3;1-4-9(15-11(13)14)6-5-7-10(12)8(2)3;1-4-5-6-7-8-10(11)9(2)3;2*1-7(2)9(12)3-4-17-5-8(19-11(15)16)6-18-10(13)14;2*1-7(2)9(12)5-3-4-8(18-11(15)16)6-17-10(13)14;1-4-5-10-6-8(9)7(2)3/h8-9H,4-7H2,1-3H3;8-9H,4-7H2,1-3H3;9H,4-8H2,1-3H3;2*7-8H,3-6H2,1-2H3;2*7-8H,3-6H2,1-2H3;7H,4-6H2,1-3H3/t9-;;;8-;;2*8-;/m0..0.10./s1. The molecular weight excluding hydrogens is 1700 g/mol. The Bertz CT molecular complexity index is 2930. The first kappa shape index (κ1) is 131. The van der Waals surface area contributed by atoms with E-state index in [1.165, 1.54) is 19.3 Å². The van der Waals surface area contributed by atoms with Gasteiger partial charge in [0.25, 0.3) is 50.9 Å². The van der Waals surface area contributed by atoms with E-state index in [0.29, 0.717) is 63.8 Å². The number of ketones is 8. The Morgan fingerprint density at radius 2 is 0.444 bits per heavy atom. The third-order valence-corrected chi connectivity index (χ3v) is 16.0. The van der Waals surface area contributed by atoms with E-state index < -0.39 is 108 Å². The van der Waals surface area contributed by atoms with Crippen LogP contribution in [0.2, 0.25) is 0 Å². The summed E-state index contributed by atoms with van der Waals surface area (Å²) in [7, 11) is 0. The van der Waals surface area contributed by atoms with E-state index >= 15 is 0 Å². The van der Waals surface area contributed by atoms with E-state index in [-0.39, 0.29) is 179 Å². The normalized spacial score (nSPS) is 11.8. The Balaban J connectivity index is -0.000000212.